The van der Waals surface area contributed by atoms with Gasteiger partial charge in [0.2, 0.25) is 5.91 Å². The Hall–Kier alpha value is -1.69. The van der Waals surface area contributed by atoms with Crippen LogP contribution in [0.4, 0.5) is 0 Å². The van der Waals surface area contributed by atoms with Gasteiger partial charge in [0.25, 0.3) is 5.91 Å². The predicted molar refractivity (Wildman–Crippen MR) is 121 cm³/mol. The monoisotopic (exact) mass is 430 g/mol. The largest absolute Gasteiger partial charge is 0.496 e. The number of ether oxygens (including phenoxy) is 1. The molecule has 4 aliphatic carbocycles. The molecule has 4 aliphatic rings. The molecule has 1 aromatic carbocycles. The lowest BCUT2D eigenvalue weighted by atomic mass is 9.49. The van der Waals surface area contributed by atoms with Gasteiger partial charge in [-0.05, 0) is 92.3 Å². The summed E-state index contributed by atoms with van der Waals surface area (Å²) in [5.74, 6) is 3.63. The van der Waals surface area contributed by atoms with E-state index in [9.17, 15) is 9.59 Å². The van der Waals surface area contributed by atoms with E-state index < -0.39 is 6.04 Å². The van der Waals surface area contributed by atoms with Crippen LogP contribution in [-0.2, 0) is 4.79 Å². The van der Waals surface area contributed by atoms with Gasteiger partial charge in [0.05, 0.1) is 12.7 Å². The highest BCUT2D eigenvalue weighted by molar-refractivity contribution is 7.98. The number of amides is 2. The van der Waals surface area contributed by atoms with E-state index in [-0.39, 0.29) is 11.8 Å². The SMILES string of the molecule is COc1ccccc1C(=O)N[C@@H](CCSC)C(=O)NCC12CC3CC(CC(C3)C1)C2. The molecular weight excluding hydrogens is 396 g/mol. The third kappa shape index (κ3) is 4.63. The van der Waals surface area contributed by atoms with E-state index in [1.807, 2.05) is 12.3 Å². The Morgan fingerprint density at radius 1 is 1.13 bits per heavy atom. The first-order valence-corrected chi connectivity index (χ1v) is 12.6. The van der Waals surface area contributed by atoms with Gasteiger partial charge >= 0.3 is 0 Å². The topological polar surface area (TPSA) is 67.4 Å². The fourth-order valence-corrected chi connectivity index (χ4v) is 6.95. The number of para-hydroxylation sites is 1. The van der Waals surface area contributed by atoms with Crippen molar-refractivity contribution < 1.29 is 14.3 Å². The maximum Gasteiger partial charge on any atom is 0.255 e. The van der Waals surface area contributed by atoms with Crippen molar-refractivity contribution in [2.45, 2.75) is 51.0 Å². The lowest BCUT2D eigenvalue weighted by molar-refractivity contribution is -0.125. The Balaban J connectivity index is 1.39. The average Bonchev–Trinajstić information content (AvgIpc) is 2.74. The van der Waals surface area contributed by atoms with Crippen LogP contribution >= 0.6 is 11.8 Å². The zero-order valence-corrected chi connectivity index (χ0v) is 18.9. The van der Waals surface area contributed by atoms with Crippen LogP contribution in [0, 0.1) is 23.2 Å². The summed E-state index contributed by atoms with van der Waals surface area (Å²) < 4.78 is 5.31. The zero-order chi connectivity index (χ0) is 21.1. The molecule has 0 aliphatic heterocycles. The standard InChI is InChI=1S/C24H34N2O3S/c1-29-21-6-4-3-5-19(21)22(27)26-20(7-8-30-2)23(28)25-15-24-12-16-9-17(13-24)11-18(10-16)14-24/h3-6,16-18,20H,7-15H2,1-2H3,(H,25,28)(H,26,27)/t16?,17?,18?,20-,24?/m0/s1. The molecular formula is C24H34N2O3S. The van der Waals surface area contributed by atoms with Gasteiger partial charge in [0.15, 0.2) is 0 Å². The Bertz CT molecular complexity index is 746. The summed E-state index contributed by atoms with van der Waals surface area (Å²) in [5.41, 5.74) is 0.754. The second-order valence-corrected chi connectivity index (χ2v) is 10.6. The Morgan fingerprint density at radius 3 is 2.37 bits per heavy atom. The molecule has 164 valence electrons. The van der Waals surface area contributed by atoms with Crippen molar-refractivity contribution in [2.75, 3.05) is 25.7 Å². The van der Waals surface area contributed by atoms with Crippen LogP contribution in [0.1, 0.15) is 55.3 Å². The summed E-state index contributed by atoms with van der Waals surface area (Å²) in [5, 5.41) is 6.20. The molecule has 1 aromatic rings. The molecule has 5 nitrogen and oxygen atoms in total. The lowest BCUT2D eigenvalue weighted by Crippen LogP contribution is -2.54. The summed E-state index contributed by atoms with van der Waals surface area (Å²) in [6.07, 6.45) is 10.6. The van der Waals surface area contributed by atoms with Gasteiger partial charge < -0.3 is 15.4 Å². The minimum atomic E-state index is -0.524. The minimum absolute atomic E-state index is 0.0527. The first-order chi connectivity index (χ1) is 14.5. The van der Waals surface area contributed by atoms with Gasteiger partial charge in [-0.25, -0.2) is 0 Å². The number of nitrogens with one attached hydrogen (secondary N) is 2. The van der Waals surface area contributed by atoms with Gasteiger partial charge in [-0.15, -0.1) is 0 Å². The highest BCUT2D eigenvalue weighted by Gasteiger charge is 2.50. The van der Waals surface area contributed by atoms with Crippen molar-refractivity contribution in [1.82, 2.24) is 10.6 Å². The maximum atomic E-state index is 13.1. The molecule has 0 spiro atoms. The fourth-order valence-electron chi connectivity index (χ4n) is 6.48. The first kappa shape index (κ1) is 21.5. The number of hydrogen-bond acceptors (Lipinski definition) is 4. The molecule has 0 heterocycles. The number of rotatable bonds is 9. The van der Waals surface area contributed by atoms with Gasteiger partial charge in [-0.3, -0.25) is 9.59 Å². The first-order valence-electron chi connectivity index (χ1n) is 11.2. The van der Waals surface area contributed by atoms with Crippen molar-refractivity contribution in [2.24, 2.45) is 23.2 Å². The second-order valence-electron chi connectivity index (χ2n) is 9.64. The molecule has 0 aromatic heterocycles. The van der Waals surface area contributed by atoms with Gasteiger partial charge in [-0.1, -0.05) is 12.1 Å². The van der Waals surface area contributed by atoms with Crippen molar-refractivity contribution in [1.29, 1.82) is 0 Å². The van der Waals surface area contributed by atoms with E-state index in [2.05, 4.69) is 10.6 Å². The molecule has 1 atom stereocenters. The minimum Gasteiger partial charge on any atom is -0.496 e. The molecule has 4 saturated carbocycles. The summed E-state index contributed by atoms with van der Waals surface area (Å²) >= 11 is 1.69. The van der Waals surface area contributed by atoms with Crippen LogP contribution < -0.4 is 15.4 Å². The predicted octanol–water partition coefficient (Wildman–Crippen LogP) is 3.88. The van der Waals surface area contributed by atoms with Crippen molar-refractivity contribution in [3.63, 3.8) is 0 Å². The normalized spacial score (nSPS) is 30.0. The van der Waals surface area contributed by atoms with E-state index in [1.165, 1.54) is 38.5 Å². The quantitative estimate of drug-likeness (QED) is 0.624. The highest BCUT2D eigenvalue weighted by atomic mass is 32.2. The van der Waals surface area contributed by atoms with E-state index in [0.29, 0.717) is 23.1 Å². The smallest absolute Gasteiger partial charge is 0.255 e. The van der Waals surface area contributed by atoms with Crippen LogP contribution in [0.2, 0.25) is 0 Å². The summed E-state index contributed by atoms with van der Waals surface area (Å²) in [6.45, 7) is 0.760. The number of carbonyl (C=O) groups is 2. The molecule has 4 fully saturated rings. The molecule has 4 bridgehead atoms. The van der Waals surface area contributed by atoms with Crippen molar-refractivity contribution >= 4 is 23.6 Å². The van der Waals surface area contributed by atoms with E-state index in [4.69, 9.17) is 4.74 Å². The zero-order valence-electron chi connectivity index (χ0n) is 18.1. The summed E-state index contributed by atoms with van der Waals surface area (Å²) in [4.78, 5) is 25.9. The third-order valence-corrected chi connectivity index (χ3v) is 8.03. The Morgan fingerprint density at radius 2 is 1.77 bits per heavy atom. The van der Waals surface area contributed by atoms with Crippen LogP contribution in [-0.4, -0.2) is 43.5 Å². The number of benzene rings is 1. The van der Waals surface area contributed by atoms with Crippen LogP contribution in [0.25, 0.3) is 0 Å². The summed E-state index contributed by atoms with van der Waals surface area (Å²) in [7, 11) is 1.55. The molecule has 0 radical (unpaired) electrons. The fraction of sp³-hybridized carbons (Fsp3) is 0.667. The van der Waals surface area contributed by atoms with Crippen molar-refractivity contribution in [3.8, 4) is 5.75 Å². The molecule has 30 heavy (non-hydrogen) atoms. The van der Waals surface area contributed by atoms with Crippen molar-refractivity contribution in [3.05, 3.63) is 29.8 Å². The van der Waals surface area contributed by atoms with Gasteiger partial charge in [-0.2, -0.15) is 11.8 Å². The number of thioether (sulfide) groups is 1. The maximum absolute atomic E-state index is 13.1. The molecule has 2 N–H and O–H groups in total. The summed E-state index contributed by atoms with van der Waals surface area (Å²) in [6, 6.07) is 6.61. The average molecular weight is 431 g/mol. The Labute approximate surface area is 184 Å². The van der Waals surface area contributed by atoms with Gasteiger partial charge in [0.1, 0.15) is 11.8 Å². The molecule has 6 heteroatoms. The van der Waals surface area contributed by atoms with Crippen LogP contribution in [0.15, 0.2) is 24.3 Å². The molecule has 2 amide bonds. The van der Waals surface area contributed by atoms with Gasteiger partial charge in [0, 0.05) is 6.54 Å². The Kier molecular flexibility index (Phi) is 6.61. The number of hydrogen-bond donors (Lipinski definition) is 2. The van der Waals surface area contributed by atoms with E-state index in [0.717, 1.165) is 30.1 Å². The number of carbonyl (C=O) groups excluding carboxylic acids is 2. The number of methoxy groups -OCH3 is 1. The molecule has 0 saturated heterocycles. The molecule has 5 rings (SSSR count). The second kappa shape index (κ2) is 9.21. The highest BCUT2D eigenvalue weighted by Crippen LogP contribution is 2.59. The van der Waals surface area contributed by atoms with E-state index >= 15 is 0 Å². The third-order valence-electron chi connectivity index (χ3n) is 7.39. The molecule has 0 unspecified atom stereocenters. The van der Waals surface area contributed by atoms with Crippen LogP contribution in [0.3, 0.4) is 0 Å². The van der Waals surface area contributed by atoms with E-state index in [1.54, 1.807) is 37.1 Å². The lowest BCUT2D eigenvalue weighted by Gasteiger charge is -2.57. The van der Waals surface area contributed by atoms with Crippen LogP contribution in [0.5, 0.6) is 5.75 Å².